The van der Waals surface area contributed by atoms with E-state index in [1.807, 2.05) is 63.9 Å². The van der Waals surface area contributed by atoms with Gasteiger partial charge in [0.2, 0.25) is 0 Å². The zero-order valence-electron chi connectivity index (χ0n) is 24.7. The van der Waals surface area contributed by atoms with Crippen LogP contribution in [-0.4, -0.2) is 53.0 Å². The fraction of sp³-hybridized carbons (Fsp3) is 0.552. The molecule has 3 aromatic heterocycles. The van der Waals surface area contributed by atoms with Gasteiger partial charge in [0.25, 0.3) is 5.91 Å². The molecule has 10 nitrogen and oxygen atoms in total. The van der Waals surface area contributed by atoms with Gasteiger partial charge in [0.1, 0.15) is 27.9 Å². The Morgan fingerprint density at radius 2 is 1.95 bits per heavy atom. The van der Waals surface area contributed by atoms with E-state index in [4.69, 9.17) is 9.97 Å². The highest BCUT2D eigenvalue weighted by atomic mass is 32.2. The van der Waals surface area contributed by atoms with Gasteiger partial charge >= 0.3 is 0 Å². The van der Waals surface area contributed by atoms with Crippen molar-refractivity contribution in [3.63, 3.8) is 0 Å². The summed E-state index contributed by atoms with van der Waals surface area (Å²) >= 11 is -1.30. The predicted octanol–water partition coefficient (Wildman–Crippen LogP) is 4.75. The molecule has 40 heavy (non-hydrogen) atoms. The van der Waals surface area contributed by atoms with Crippen molar-refractivity contribution in [2.45, 2.75) is 97.1 Å². The Morgan fingerprint density at radius 1 is 1.20 bits per heavy atom. The average molecular weight is 565 g/mol. The summed E-state index contributed by atoms with van der Waals surface area (Å²) in [5.74, 6) is 2.89. The van der Waals surface area contributed by atoms with Gasteiger partial charge in [-0.25, -0.2) is 9.97 Å². The molecule has 0 bridgehead atoms. The number of rotatable bonds is 8. The number of aromatic nitrogens is 5. The first-order valence-corrected chi connectivity index (χ1v) is 15.2. The third-order valence-electron chi connectivity index (χ3n) is 7.86. The van der Waals surface area contributed by atoms with E-state index in [0.717, 1.165) is 42.2 Å². The van der Waals surface area contributed by atoms with Crippen molar-refractivity contribution in [1.82, 2.24) is 29.5 Å². The summed E-state index contributed by atoms with van der Waals surface area (Å²) in [6, 6.07) is 7.79. The highest BCUT2D eigenvalue weighted by molar-refractivity contribution is 7.90. The number of fused-ring (bicyclic) bond motifs is 2. The van der Waals surface area contributed by atoms with E-state index in [0.29, 0.717) is 35.5 Å². The molecule has 3 atom stereocenters. The largest absolute Gasteiger partial charge is 0.598 e. The molecule has 2 aliphatic rings. The van der Waals surface area contributed by atoms with Gasteiger partial charge in [-0.15, -0.1) is 14.9 Å². The second-order valence-corrected chi connectivity index (χ2v) is 14.0. The third-order valence-corrected chi connectivity index (χ3v) is 9.54. The number of carbonyl (C=O) groups is 1. The molecule has 2 aliphatic heterocycles. The van der Waals surface area contributed by atoms with Crippen LogP contribution in [0.1, 0.15) is 101 Å². The van der Waals surface area contributed by atoms with Crippen LogP contribution in [0.3, 0.4) is 0 Å². The number of hydrogen-bond donors (Lipinski definition) is 1. The Labute approximate surface area is 239 Å². The minimum absolute atomic E-state index is 0.122. The fourth-order valence-corrected chi connectivity index (χ4v) is 6.04. The van der Waals surface area contributed by atoms with Crippen LogP contribution in [0.2, 0.25) is 0 Å². The van der Waals surface area contributed by atoms with Crippen molar-refractivity contribution >= 4 is 28.9 Å². The lowest BCUT2D eigenvalue weighted by Gasteiger charge is -2.28. The van der Waals surface area contributed by atoms with Gasteiger partial charge in [-0.2, -0.15) is 0 Å². The van der Waals surface area contributed by atoms with Crippen molar-refractivity contribution in [3.8, 4) is 11.5 Å². The Kier molecular flexibility index (Phi) is 7.66. The molecule has 5 rings (SSSR count). The number of carbonyl (C=O) groups excluding carboxylic acids is 1. The average Bonchev–Trinajstić information content (AvgIpc) is 3.61. The minimum atomic E-state index is -1.30. The lowest BCUT2D eigenvalue weighted by Crippen LogP contribution is -2.41. The lowest BCUT2D eigenvalue weighted by molar-refractivity contribution is 0.0996. The Bertz CT molecular complexity index is 1420. The number of nitrogens with one attached hydrogen (secondary N) is 1. The molecule has 0 spiro atoms. The third kappa shape index (κ3) is 5.10. The summed E-state index contributed by atoms with van der Waals surface area (Å²) in [6.45, 7) is 14.4. The van der Waals surface area contributed by atoms with Crippen LogP contribution in [-0.2, 0) is 24.3 Å². The highest BCUT2D eigenvalue weighted by Gasteiger charge is 2.37. The smallest absolute Gasteiger partial charge is 0.260 e. The van der Waals surface area contributed by atoms with E-state index in [-0.39, 0.29) is 18.0 Å². The summed E-state index contributed by atoms with van der Waals surface area (Å²) in [6.07, 6.45) is 2.98. The molecule has 0 saturated heterocycles. The summed E-state index contributed by atoms with van der Waals surface area (Å²) in [5, 5.41) is 8.86. The predicted molar refractivity (Wildman–Crippen MR) is 159 cm³/mol. The Hall–Kier alpha value is -3.02. The highest BCUT2D eigenvalue weighted by Crippen LogP contribution is 2.36. The molecule has 0 unspecified atom stereocenters. The summed E-state index contributed by atoms with van der Waals surface area (Å²) in [4.78, 5) is 27.5. The monoisotopic (exact) mass is 564 g/mol. The van der Waals surface area contributed by atoms with Gasteiger partial charge < -0.3 is 14.0 Å². The van der Waals surface area contributed by atoms with E-state index < -0.39 is 16.1 Å². The van der Waals surface area contributed by atoms with Gasteiger partial charge in [0.05, 0.1) is 23.8 Å². The number of nitrogens with zero attached hydrogens (tertiary/aromatic N) is 7. The van der Waals surface area contributed by atoms with Crippen LogP contribution >= 0.6 is 0 Å². The number of anilines is 2. The molecule has 3 aromatic rings. The number of amides is 1. The van der Waals surface area contributed by atoms with Crippen molar-refractivity contribution in [2.75, 3.05) is 16.8 Å². The summed E-state index contributed by atoms with van der Waals surface area (Å²) < 4.78 is 17.9. The van der Waals surface area contributed by atoms with E-state index in [2.05, 4.69) is 40.3 Å². The van der Waals surface area contributed by atoms with Crippen molar-refractivity contribution < 1.29 is 9.35 Å². The van der Waals surface area contributed by atoms with Crippen molar-refractivity contribution in [2.24, 2.45) is 0 Å². The van der Waals surface area contributed by atoms with Crippen LogP contribution in [0.5, 0.6) is 0 Å². The molecule has 1 N–H and O–H groups in total. The quantitative estimate of drug-likeness (QED) is 0.390. The van der Waals surface area contributed by atoms with Gasteiger partial charge in [0.15, 0.2) is 5.82 Å². The Balaban J connectivity index is 1.52. The second-order valence-electron chi connectivity index (χ2n) is 12.0. The molecular formula is C29H40N8O2S. The molecule has 0 aromatic carbocycles. The first kappa shape index (κ1) is 28.5. The first-order valence-electron chi connectivity index (χ1n) is 14.1. The van der Waals surface area contributed by atoms with Crippen LogP contribution in [0.4, 0.5) is 11.6 Å². The standard InChI is InChI=1S/C29H40N8O2S/c1-9-19-13-14-24-32-33-27(37(19)24)22-11-10-12-23(30-22)36-16-21-20(28(36)38)15-25(35(8)17(2)3)31-26(21)18(4)34-40(39)29(5,6)7/h10-12,15,17-19,34H,9,13-14,16H2,1-8H3/t18-,19+,40+/m1/s1. The maximum absolute atomic E-state index is 13.9. The maximum atomic E-state index is 13.9. The minimum Gasteiger partial charge on any atom is -0.598 e. The number of aryl methyl sites for hydroxylation is 1. The van der Waals surface area contributed by atoms with Crippen LogP contribution in [0.15, 0.2) is 24.3 Å². The van der Waals surface area contributed by atoms with Crippen LogP contribution < -0.4 is 14.5 Å². The van der Waals surface area contributed by atoms with E-state index in [1.54, 1.807) is 4.90 Å². The molecule has 0 fully saturated rings. The van der Waals surface area contributed by atoms with Gasteiger partial charge in [-0.05, 0) is 72.6 Å². The van der Waals surface area contributed by atoms with E-state index >= 15 is 0 Å². The Morgan fingerprint density at radius 3 is 2.62 bits per heavy atom. The lowest BCUT2D eigenvalue weighted by atomic mass is 10.0. The molecule has 11 heteroatoms. The van der Waals surface area contributed by atoms with Gasteiger partial charge in [-0.3, -0.25) is 9.69 Å². The van der Waals surface area contributed by atoms with Crippen LogP contribution in [0.25, 0.3) is 11.5 Å². The zero-order valence-corrected chi connectivity index (χ0v) is 25.5. The normalized spacial score (nSPS) is 18.3. The topological polar surface area (TPSA) is 115 Å². The number of hydrogen-bond acceptors (Lipinski definition) is 8. The van der Waals surface area contributed by atoms with Crippen LogP contribution in [0, 0.1) is 0 Å². The SMILES string of the molecule is CC[C@H]1CCc2nnc(-c3cccc(N4Cc5c(cc(N(C)C(C)C)nc5[C@@H](C)N[S@@+]([O-])C(C)(C)C)C4=O)n3)n21. The molecule has 0 saturated carbocycles. The zero-order chi connectivity index (χ0) is 28.9. The van der Waals surface area contributed by atoms with Crippen molar-refractivity contribution in [1.29, 1.82) is 0 Å². The molecule has 0 aliphatic carbocycles. The molecule has 5 heterocycles. The number of pyridine rings is 2. The molecule has 1 amide bonds. The summed E-state index contributed by atoms with van der Waals surface area (Å²) in [7, 11) is 1.97. The molecule has 214 valence electrons. The first-order chi connectivity index (χ1) is 18.9. The van der Waals surface area contributed by atoms with E-state index in [1.165, 1.54) is 0 Å². The second kappa shape index (κ2) is 10.8. The van der Waals surface area contributed by atoms with Crippen molar-refractivity contribution in [3.05, 3.63) is 46.9 Å². The van der Waals surface area contributed by atoms with Gasteiger partial charge in [0, 0.05) is 42.5 Å². The van der Waals surface area contributed by atoms with Gasteiger partial charge in [-0.1, -0.05) is 13.0 Å². The maximum Gasteiger partial charge on any atom is 0.260 e. The van der Waals surface area contributed by atoms with E-state index in [9.17, 15) is 9.35 Å². The fourth-order valence-electron chi connectivity index (χ4n) is 5.25. The summed E-state index contributed by atoms with van der Waals surface area (Å²) in [5.41, 5.74) is 2.86. The molecular weight excluding hydrogens is 524 g/mol. The molecule has 0 radical (unpaired) electrons.